The average Bonchev–Trinajstić information content (AvgIpc) is 3.41. The zero-order chi connectivity index (χ0) is 56.7. The maximum atomic E-state index is 12.8. The van der Waals surface area contributed by atoms with Crippen molar-refractivity contribution in [1.29, 1.82) is 0 Å². The summed E-state index contributed by atoms with van der Waals surface area (Å²) in [6.45, 7) is -0.693. The standard InChI is InChI=1S/C44H76N2O31/c1-4-5-6-7-8-66-40-31(61)28(58)34(16(68-40)9-46(64)65)73-42-32(62)29(59)35(20(13-50)72-42)74-43-33(63)37(25(55)19(12-49)70-43)76-39-21(45-15(3)51)36(24(54)18(11-48)69-39)75-44-38(27(57)23(53)17(10-47)71-44)77-41-30(60)26(56)22(52)14(2)67-41/h14,16-44,47-50,52-63H,4-13H2,1-3H3,(H,45,51)/t14?,16?,17?,18?,19?,20?,21?,22-,23+,24+,25+,26+,27+,28-,29-,30?,31?,32?,33?,34-,35+,36-,37+,38?,39+,40-,41+,42+,43-,44+/m1/s1. The first-order valence-corrected chi connectivity index (χ1v) is 25.3. The summed E-state index contributed by atoms with van der Waals surface area (Å²) in [7, 11) is 0. The maximum Gasteiger partial charge on any atom is 0.232 e. The lowest BCUT2D eigenvalue weighted by Crippen LogP contribution is -2.70. The van der Waals surface area contributed by atoms with Crippen LogP contribution in [-0.4, -0.2) is 316 Å². The van der Waals surface area contributed by atoms with Crippen LogP contribution in [0, 0.1) is 10.1 Å². The molecule has 77 heavy (non-hydrogen) atoms. The molecule has 0 aliphatic carbocycles. The van der Waals surface area contributed by atoms with Gasteiger partial charge in [-0.3, -0.25) is 14.9 Å². The van der Waals surface area contributed by atoms with Gasteiger partial charge < -0.3 is 144 Å². The lowest BCUT2D eigenvalue weighted by atomic mass is 9.94. The fraction of sp³-hybridized carbons (Fsp3) is 0.977. The number of carbonyl (C=O) groups is 1. The van der Waals surface area contributed by atoms with Gasteiger partial charge >= 0.3 is 0 Å². The van der Waals surface area contributed by atoms with Crippen LogP contribution >= 0.6 is 0 Å². The number of nitro groups is 1. The van der Waals surface area contributed by atoms with E-state index in [2.05, 4.69) is 5.32 Å². The molecule has 0 aromatic carbocycles. The van der Waals surface area contributed by atoms with Gasteiger partial charge in [0.1, 0.15) is 134 Å². The number of rotatable bonds is 23. The second-order valence-electron chi connectivity index (χ2n) is 19.7. The molecule has 6 aliphatic rings. The molecule has 6 aliphatic heterocycles. The highest BCUT2D eigenvalue weighted by Crippen LogP contribution is 2.37. The number of aliphatic hydroxyl groups is 16. The summed E-state index contributed by atoms with van der Waals surface area (Å²) in [5.41, 5.74) is 0. The van der Waals surface area contributed by atoms with Crippen LogP contribution < -0.4 is 5.32 Å². The Morgan fingerprint density at radius 1 is 0.468 bits per heavy atom. The molecule has 0 bridgehead atoms. The monoisotopic (exact) mass is 1130 g/mol. The van der Waals surface area contributed by atoms with Crippen molar-refractivity contribution in [3.63, 3.8) is 0 Å². The first kappa shape index (κ1) is 63.9. The number of amides is 1. The largest absolute Gasteiger partial charge is 0.394 e. The van der Waals surface area contributed by atoms with E-state index in [0.29, 0.717) is 6.42 Å². The van der Waals surface area contributed by atoms with Gasteiger partial charge in [-0.2, -0.15) is 0 Å². The van der Waals surface area contributed by atoms with E-state index in [9.17, 15) is 96.6 Å². The molecule has 17 N–H and O–H groups in total. The van der Waals surface area contributed by atoms with Gasteiger partial charge in [0.2, 0.25) is 12.5 Å². The number of hydrogen-bond acceptors (Lipinski definition) is 31. The first-order valence-electron chi connectivity index (χ1n) is 25.3. The highest BCUT2D eigenvalue weighted by atomic mass is 16.8. The third-order valence-corrected chi connectivity index (χ3v) is 14.2. The Hall–Kier alpha value is -2.25. The van der Waals surface area contributed by atoms with Crippen LogP contribution in [0.25, 0.3) is 0 Å². The molecule has 448 valence electrons. The number of hydrogen-bond donors (Lipinski definition) is 17. The quantitative estimate of drug-likeness (QED) is 0.0257. The Labute approximate surface area is 439 Å². The fourth-order valence-electron chi connectivity index (χ4n) is 9.84. The molecule has 0 aromatic heterocycles. The lowest BCUT2D eigenvalue weighted by molar-refractivity contribution is -0.505. The Morgan fingerprint density at radius 2 is 0.909 bits per heavy atom. The first-order chi connectivity index (χ1) is 36.5. The topological polar surface area (TPSA) is 507 Å². The molecule has 0 saturated carbocycles. The predicted octanol–water partition coefficient (Wildman–Crippen LogP) is -10.0. The van der Waals surface area contributed by atoms with Crippen LogP contribution in [0.2, 0.25) is 0 Å². The zero-order valence-corrected chi connectivity index (χ0v) is 42.1. The third kappa shape index (κ3) is 14.7. The van der Waals surface area contributed by atoms with Crippen molar-refractivity contribution in [2.45, 2.75) is 231 Å². The maximum absolute atomic E-state index is 12.8. The van der Waals surface area contributed by atoms with E-state index in [1.165, 1.54) is 6.92 Å². The van der Waals surface area contributed by atoms with Crippen molar-refractivity contribution in [2.75, 3.05) is 39.6 Å². The van der Waals surface area contributed by atoms with E-state index in [1.54, 1.807) is 0 Å². The second kappa shape index (κ2) is 28.6. The highest BCUT2D eigenvalue weighted by molar-refractivity contribution is 5.73. The summed E-state index contributed by atoms with van der Waals surface area (Å²) in [5.74, 6) is -0.872. The van der Waals surface area contributed by atoms with E-state index < -0.39 is 228 Å². The Balaban J connectivity index is 1.20. The second-order valence-corrected chi connectivity index (χ2v) is 19.7. The molecule has 1 amide bonds. The number of nitrogens with zero attached hydrogens (tertiary/aromatic N) is 1. The normalized spacial score (nSPS) is 47.8. The van der Waals surface area contributed by atoms with Crippen molar-refractivity contribution < 1.29 is 148 Å². The number of ether oxygens (including phenoxy) is 12. The molecule has 33 heteroatoms. The average molecular weight is 1130 g/mol. The molecule has 30 atom stereocenters. The molecule has 0 aromatic rings. The molecular weight excluding hydrogens is 1050 g/mol. The number of carbonyl (C=O) groups excluding carboxylic acids is 1. The van der Waals surface area contributed by atoms with Crippen LogP contribution in [0.15, 0.2) is 0 Å². The van der Waals surface area contributed by atoms with Gasteiger partial charge in [-0.15, -0.1) is 0 Å². The van der Waals surface area contributed by atoms with E-state index in [1.807, 2.05) is 6.92 Å². The van der Waals surface area contributed by atoms with Crippen molar-refractivity contribution in [2.24, 2.45) is 0 Å². The summed E-state index contributed by atoms with van der Waals surface area (Å²) in [4.78, 5) is 23.7. The number of aliphatic hydroxyl groups excluding tert-OH is 16. The minimum absolute atomic E-state index is 0.0767. The van der Waals surface area contributed by atoms with Crippen LogP contribution in [0.3, 0.4) is 0 Å². The molecule has 6 rings (SSSR count). The van der Waals surface area contributed by atoms with Crippen molar-refractivity contribution in [1.82, 2.24) is 5.32 Å². The van der Waals surface area contributed by atoms with Gasteiger partial charge in [-0.1, -0.05) is 26.2 Å². The SMILES string of the molecule is CCCCCCO[C@@H]1OC(C[N+](=O)[O-])[C@@H](O[C@@H]2OC(CO)[C@H](O[C@H]3OC(CO)[C@H](O)[C@H](O[C@@H]4OC(CO)[C@H](O)[C@H](O[C@@H]5OC(CO)[C@H](O)[C@H](O)C5O[C@@H]5OC(C)[C@@H](O)[C@H](O)C5O)C4NC(C)=O)C3O)[C@H](O)C2O)[C@H](O)C1O. The van der Waals surface area contributed by atoms with E-state index in [-0.39, 0.29) is 6.61 Å². The lowest BCUT2D eigenvalue weighted by Gasteiger charge is -2.51. The van der Waals surface area contributed by atoms with Gasteiger partial charge in [0.15, 0.2) is 43.8 Å². The van der Waals surface area contributed by atoms with Gasteiger partial charge in [0, 0.05) is 18.5 Å². The molecule has 6 fully saturated rings. The predicted molar refractivity (Wildman–Crippen MR) is 242 cm³/mol. The summed E-state index contributed by atoms with van der Waals surface area (Å²) in [5, 5.41) is 188. The minimum atomic E-state index is -2.24. The van der Waals surface area contributed by atoms with E-state index in [4.69, 9.17) is 56.8 Å². The van der Waals surface area contributed by atoms with Crippen molar-refractivity contribution >= 4 is 5.91 Å². The molecule has 6 heterocycles. The van der Waals surface area contributed by atoms with Crippen LogP contribution in [0.5, 0.6) is 0 Å². The van der Waals surface area contributed by atoms with Gasteiger partial charge in [0.05, 0.1) is 32.5 Å². The van der Waals surface area contributed by atoms with E-state index in [0.717, 1.165) is 26.2 Å². The molecule has 12 unspecified atom stereocenters. The summed E-state index contributed by atoms with van der Waals surface area (Å²) < 4.78 is 69.1. The Kier molecular flexibility index (Phi) is 23.8. The summed E-state index contributed by atoms with van der Waals surface area (Å²) in [6.07, 6.45) is -51.6. The van der Waals surface area contributed by atoms with Gasteiger partial charge in [-0.05, 0) is 13.3 Å². The van der Waals surface area contributed by atoms with Crippen LogP contribution in [-0.2, 0) is 61.6 Å². The molecule has 33 nitrogen and oxygen atoms in total. The summed E-state index contributed by atoms with van der Waals surface area (Å²) >= 11 is 0. The Bertz CT molecular complexity index is 1820. The van der Waals surface area contributed by atoms with E-state index >= 15 is 0 Å². The van der Waals surface area contributed by atoms with Crippen LogP contribution in [0.1, 0.15) is 46.5 Å². The number of nitrogens with one attached hydrogen (secondary N) is 1. The van der Waals surface area contributed by atoms with Gasteiger partial charge in [0.25, 0.3) is 0 Å². The molecule has 6 saturated heterocycles. The number of unbranched alkanes of at least 4 members (excludes halogenated alkanes) is 3. The van der Waals surface area contributed by atoms with Crippen LogP contribution in [0.4, 0.5) is 0 Å². The smallest absolute Gasteiger partial charge is 0.232 e. The summed E-state index contributed by atoms with van der Waals surface area (Å²) in [6, 6.07) is -1.80. The van der Waals surface area contributed by atoms with Gasteiger partial charge in [-0.25, -0.2) is 0 Å². The minimum Gasteiger partial charge on any atom is -0.394 e. The highest BCUT2D eigenvalue weighted by Gasteiger charge is 2.58. The molecular formula is C44H76N2O31. The fourth-order valence-corrected chi connectivity index (χ4v) is 9.84. The molecule has 0 radical (unpaired) electrons. The molecule has 0 spiro atoms. The third-order valence-electron chi connectivity index (χ3n) is 14.2. The zero-order valence-electron chi connectivity index (χ0n) is 42.1. The van der Waals surface area contributed by atoms with Crippen molar-refractivity contribution in [3.8, 4) is 0 Å². The van der Waals surface area contributed by atoms with Crippen molar-refractivity contribution in [3.05, 3.63) is 10.1 Å². The Morgan fingerprint density at radius 3 is 1.49 bits per heavy atom.